The molecule has 0 aromatic carbocycles. The summed E-state index contributed by atoms with van der Waals surface area (Å²) in [5, 5.41) is 0. The highest BCUT2D eigenvalue weighted by molar-refractivity contribution is 7.11. The largest absolute Gasteiger partial charge is 0.376 e. The molecule has 0 saturated heterocycles. The summed E-state index contributed by atoms with van der Waals surface area (Å²) in [5.41, 5.74) is 5.53. The predicted molar refractivity (Wildman–Crippen MR) is 61.3 cm³/mol. The number of hydrogen-bond acceptors (Lipinski definition) is 3. The molecule has 1 heterocycles. The van der Waals surface area contributed by atoms with E-state index in [2.05, 4.69) is 26.0 Å². The van der Waals surface area contributed by atoms with E-state index < -0.39 is 0 Å². The molecule has 3 heteroatoms. The standard InChI is InChI=1S/C11H19NOS/c1-9(2)5-6-13-8-11-4-3-10(7-12)14-11/h3-4,9H,5-8,12H2,1-2H3. The summed E-state index contributed by atoms with van der Waals surface area (Å²) in [6, 6.07) is 4.17. The van der Waals surface area contributed by atoms with Crippen molar-refractivity contribution in [3.63, 3.8) is 0 Å². The average Bonchev–Trinajstić information content (AvgIpc) is 2.60. The van der Waals surface area contributed by atoms with Gasteiger partial charge in [-0.15, -0.1) is 11.3 Å². The fourth-order valence-electron chi connectivity index (χ4n) is 1.10. The van der Waals surface area contributed by atoms with Crippen molar-refractivity contribution in [1.82, 2.24) is 0 Å². The molecule has 0 unspecified atom stereocenters. The Balaban J connectivity index is 2.18. The predicted octanol–water partition coefficient (Wildman–Crippen LogP) is 2.77. The Morgan fingerprint density at radius 1 is 1.36 bits per heavy atom. The molecule has 2 nitrogen and oxygen atoms in total. The van der Waals surface area contributed by atoms with Gasteiger partial charge in [-0.25, -0.2) is 0 Å². The molecule has 0 fully saturated rings. The molecular formula is C11H19NOS. The summed E-state index contributed by atoms with van der Waals surface area (Å²) < 4.78 is 5.56. The Labute approximate surface area is 90.1 Å². The molecule has 1 aromatic rings. The van der Waals surface area contributed by atoms with Crippen molar-refractivity contribution < 1.29 is 4.74 Å². The molecule has 80 valence electrons. The second-order valence-electron chi connectivity index (χ2n) is 3.81. The number of thiophene rings is 1. The minimum atomic E-state index is 0.636. The number of hydrogen-bond donors (Lipinski definition) is 1. The number of rotatable bonds is 6. The van der Waals surface area contributed by atoms with Gasteiger partial charge in [0, 0.05) is 22.9 Å². The van der Waals surface area contributed by atoms with E-state index in [1.165, 1.54) is 9.75 Å². The van der Waals surface area contributed by atoms with Gasteiger partial charge in [0.2, 0.25) is 0 Å². The lowest BCUT2D eigenvalue weighted by molar-refractivity contribution is 0.112. The number of ether oxygens (including phenoxy) is 1. The molecule has 0 radical (unpaired) electrons. The summed E-state index contributed by atoms with van der Waals surface area (Å²) in [4.78, 5) is 2.50. The lowest BCUT2D eigenvalue weighted by Crippen LogP contribution is -1.98. The quantitative estimate of drug-likeness (QED) is 0.737. The van der Waals surface area contributed by atoms with Gasteiger partial charge in [-0.1, -0.05) is 13.8 Å². The maximum absolute atomic E-state index is 5.56. The number of nitrogens with two attached hydrogens (primary N) is 1. The topological polar surface area (TPSA) is 35.2 Å². The summed E-state index contributed by atoms with van der Waals surface area (Å²) in [6.07, 6.45) is 1.13. The second-order valence-corrected chi connectivity index (χ2v) is 5.06. The minimum absolute atomic E-state index is 0.636. The van der Waals surface area contributed by atoms with Crippen LogP contribution in [0.5, 0.6) is 0 Å². The van der Waals surface area contributed by atoms with E-state index in [0.717, 1.165) is 25.6 Å². The van der Waals surface area contributed by atoms with E-state index >= 15 is 0 Å². The molecule has 2 N–H and O–H groups in total. The van der Waals surface area contributed by atoms with Gasteiger partial charge in [-0.3, -0.25) is 0 Å². The summed E-state index contributed by atoms with van der Waals surface area (Å²) in [7, 11) is 0. The van der Waals surface area contributed by atoms with Crippen molar-refractivity contribution in [2.45, 2.75) is 33.4 Å². The van der Waals surface area contributed by atoms with Gasteiger partial charge < -0.3 is 10.5 Å². The first-order valence-corrected chi connectivity index (χ1v) is 5.89. The zero-order valence-electron chi connectivity index (χ0n) is 8.95. The molecule has 0 aliphatic rings. The van der Waals surface area contributed by atoms with Crippen molar-refractivity contribution in [2.24, 2.45) is 11.7 Å². The summed E-state index contributed by atoms with van der Waals surface area (Å²) >= 11 is 1.74. The Hall–Kier alpha value is -0.380. The zero-order valence-corrected chi connectivity index (χ0v) is 9.77. The van der Waals surface area contributed by atoms with Crippen molar-refractivity contribution in [3.8, 4) is 0 Å². The zero-order chi connectivity index (χ0) is 10.4. The van der Waals surface area contributed by atoms with Crippen molar-refractivity contribution >= 4 is 11.3 Å². The van der Waals surface area contributed by atoms with Gasteiger partial charge in [-0.2, -0.15) is 0 Å². The third kappa shape index (κ3) is 4.22. The normalized spacial score (nSPS) is 11.1. The molecule has 0 atom stereocenters. The third-order valence-corrected chi connectivity index (χ3v) is 3.08. The smallest absolute Gasteiger partial charge is 0.0809 e. The van der Waals surface area contributed by atoms with Crippen molar-refractivity contribution in [1.29, 1.82) is 0 Å². The Bertz CT molecular complexity index is 258. The molecule has 0 spiro atoms. The average molecular weight is 213 g/mol. The van der Waals surface area contributed by atoms with Crippen LogP contribution >= 0.6 is 11.3 Å². The van der Waals surface area contributed by atoms with Gasteiger partial charge in [0.05, 0.1) is 6.61 Å². The Kier molecular flexibility index (Phi) is 5.15. The lowest BCUT2D eigenvalue weighted by atomic mass is 10.1. The molecule has 0 bridgehead atoms. The van der Waals surface area contributed by atoms with E-state index in [1.54, 1.807) is 11.3 Å². The molecule has 0 amide bonds. The van der Waals surface area contributed by atoms with Crippen LogP contribution in [-0.4, -0.2) is 6.61 Å². The van der Waals surface area contributed by atoms with Crippen LogP contribution in [-0.2, 0) is 17.9 Å². The third-order valence-electron chi connectivity index (χ3n) is 2.00. The van der Waals surface area contributed by atoms with Crippen molar-refractivity contribution in [3.05, 3.63) is 21.9 Å². The maximum atomic E-state index is 5.56. The first-order valence-electron chi connectivity index (χ1n) is 5.07. The first-order chi connectivity index (χ1) is 6.72. The van der Waals surface area contributed by atoms with Gasteiger partial charge in [0.25, 0.3) is 0 Å². The molecular weight excluding hydrogens is 194 g/mol. The molecule has 0 aliphatic heterocycles. The van der Waals surface area contributed by atoms with Crippen LogP contribution in [0.25, 0.3) is 0 Å². The Morgan fingerprint density at radius 2 is 2.07 bits per heavy atom. The summed E-state index contributed by atoms with van der Waals surface area (Å²) in [5.74, 6) is 0.720. The molecule has 1 rings (SSSR count). The van der Waals surface area contributed by atoms with Crippen LogP contribution < -0.4 is 5.73 Å². The monoisotopic (exact) mass is 213 g/mol. The highest BCUT2D eigenvalue weighted by Gasteiger charge is 1.99. The van der Waals surface area contributed by atoms with E-state index in [1.807, 2.05) is 0 Å². The molecule has 0 saturated carbocycles. The van der Waals surface area contributed by atoms with Crippen LogP contribution in [0.4, 0.5) is 0 Å². The van der Waals surface area contributed by atoms with Gasteiger partial charge in [0.15, 0.2) is 0 Å². The van der Waals surface area contributed by atoms with Crippen LogP contribution in [0.15, 0.2) is 12.1 Å². The van der Waals surface area contributed by atoms with Gasteiger partial charge >= 0.3 is 0 Å². The van der Waals surface area contributed by atoms with Crippen LogP contribution in [0, 0.1) is 5.92 Å². The van der Waals surface area contributed by atoms with Crippen LogP contribution in [0.1, 0.15) is 30.0 Å². The maximum Gasteiger partial charge on any atom is 0.0809 e. The molecule has 1 aromatic heterocycles. The van der Waals surface area contributed by atoms with Crippen molar-refractivity contribution in [2.75, 3.05) is 6.61 Å². The van der Waals surface area contributed by atoms with Crippen LogP contribution in [0.3, 0.4) is 0 Å². The fraction of sp³-hybridized carbons (Fsp3) is 0.636. The van der Waals surface area contributed by atoms with Gasteiger partial charge in [-0.05, 0) is 24.5 Å². The SMILES string of the molecule is CC(C)CCOCc1ccc(CN)s1. The van der Waals surface area contributed by atoms with Crippen LogP contribution in [0.2, 0.25) is 0 Å². The fourth-order valence-corrected chi connectivity index (χ4v) is 1.94. The lowest BCUT2D eigenvalue weighted by Gasteiger charge is -2.04. The summed E-state index contributed by atoms with van der Waals surface area (Å²) in [6.45, 7) is 6.64. The molecule has 14 heavy (non-hydrogen) atoms. The minimum Gasteiger partial charge on any atom is -0.376 e. The second kappa shape index (κ2) is 6.17. The Morgan fingerprint density at radius 3 is 2.64 bits per heavy atom. The van der Waals surface area contributed by atoms with E-state index in [4.69, 9.17) is 10.5 Å². The van der Waals surface area contributed by atoms with E-state index in [9.17, 15) is 0 Å². The first kappa shape index (κ1) is 11.7. The highest BCUT2D eigenvalue weighted by atomic mass is 32.1. The molecule has 0 aliphatic carbocycles. The highest BCUT2D eigenvalue weighted by Crippen LogP contribution is 2.16. The van der Waals surface area contributed by atoms with E-state index in [-0.39, 0.29) is 0 Å². The van der Waals surface area contributed by atoms with E-state index in [0.29, 0.717) is 6.54 Å². The van der Waals surface area contributed by atoms with Gasteiger partial charge in [0.1, 0.15) is 0 Å².